The molecule has 1 aliphatic carbocycles. The van der Waals surface area contributed by atoms with E-state index in [4.69, 9.17) is 5.73 Å². The van der Waals surface area contributed by atoms with Gasteiger partial charge in [0, 0.05) is 25.2 Å². The van der Waals surface area contributed by atoms with E-state index in [0.29, 0.717) is 5.92 Å². The summed E-state index contributed by atoms with van der Waals surface area (Å²) in [4.78, 5) is 2.65. The van der Waals surface area contributed by atoms with Crippen LogP contribution in [0.15, 0.2) is 30.3 Å². The highest BCUT2D eigenvalue weighted by molar-refractivity contribution is 5.19. The molecule has 1 fully saturated rings. The molecule has 2 atom stereocenters. The van der Waals surface area contributed by atoms with Gasteiger partial charge in [-0.1, -0.05) is 51.1 Å². The van der Waals surface area contributed by atoms with E-state index in [9.17, 15) is 0 Å². The first-order valence-electron chi connectivity index (χ1n) is 7.62. The van der Waals surface area contributed by atoms with Gasteiger partial charge in [0.1, 0.15) is 0 Å². The fourth-order valence-corrected chi connectivity index (χ4v) is 2.77. The lowest BCUT2D eigenvalue weighted by molar-refractivity contribution is 0.192. The van der Waals surface area contributed by atoms with Crippen LogP contribution in [0.3, 0.4) is 0 Å². The van der Waals surface area contributed by atoms with Crippen molar-refractivity contribution in [1.82, 2.24) is 4.90 Å². The first-order valence-corrected chi connectivity index (χ1v) is 7.62. The molecular weight excluding hydrogens is 232 g/mol. The first kappa shape index (κ1) is 14.5. The molecule has 0 radical (unpaired) electrons. The largest absolute Gasteiger partial charge is 0.324 e. The molecule has 2 rings (SSSR count). The van der Waals surface area contributed by atoms with E-state index in [-0.39, 0.29) is 6.04 Å². The van der Waals surface area contributed by atoms with Crippen molar-refractivity contribution in [2.45, 2.75) is 45.7 Å². The molecule has 0 spiro atoms. The second-order valence-corrected chi connectivity index (χ2v) is 6.49. The summed E-state index contributed by atoms with van der Waals surface area (Å²) in [6.45, 7) is 9.22. The summed E-state index contributed by atoms with van der Waals surface area (Å²) >= 11 is 0. The van der Waals surface area contributed by atoms with Crippen molar-refractivity contribution in [3.8, 4) is 0 Å². The van der Waals surface area contributed by atoms with Gasteiger partial charge in [0.15, 0.2) is 0 Å². The van der Waals surface area contributed by atoms with E-state index >= 15 is 0 Å². The minimum absolute atomic E-state index is 0.148. The minimum atomic E-state index is 0.148. The second kappa shape index (κ2) is 6.53. The third kappa shape index (κ3) is 4.32. The van der Waals surface area contributed by atoms with Crippen LogP contribution in [0.5, 0.6) is 0 Å². The molecule has 0 heterocycles. The van der Waals surface area contributed by atoms with Gasteiger partial charge in [-0.2, -0.15) is 0 Å². The van der Waals surface area contributed by atoms with E-state index in [1.165, 1.54) is 24.9 Å². The van der Waals surface area contributed by atoms with Crippen molar-refractivity contribution in [2.24, 2.45) is 17.6 Å². The lowest BCUT2D eigenvalue weighted by Crippen LogP contribution is -2.37. The zero-order valence-electron chi connectivity index (χ0n) is 12.5. The molecule has 0 aliphatic heterocycles. The van der Waals surface area contributed by atoms with Crippen LogP contribution >= 0.6 is 0 Å². The maximum Gasteiger partial charge on any atom is 0.0333 e. The van der Waals surface area contributed by atoms with Crippen molar-refractivity contribution < 1.29 is 0 Å². The Kier molecular flexibility index (Phi) is 5.00. The van der Waals surface area contributed by atoms with Crippen LogP contribution in [0.25, 0.3) is 0 Å². The summed E-state index contributed by atoms with van der Waals surface area (Å²) < 4.78 is 0. The van der Waals surface area contributed by atoms with Crippen molar-refractivity contribution in [2.75, 3.05) is 13.1 Å². The molecule has 0 bridgehead atoms. The Morgan fingerprint density at radius 3 is 2.26 bits per heavy atom. The lowest BCUT2D eigenvalue weighted by Gasteiger charge is -2.30. The van der Waals surface area contributed by atoms with Crippen LogP contribution in [0.2, 0.25) is 0 Å². The van der Waals surface area contributed by atoms with E-state index in [1.54, 1.807) is 0 Å². The molecule has 2 unspecified atom stereocenters. The highest BCUT2D eigenvalue weighted by Crippen LogP contribution is 2.30. The molecule has 106 valence electrons. The van der Waals surface area contributed by atoms with Crippen LogP contribution in [0.4, 0.5) is 0 Å². The highest BCUT2D eigenvalue weighted by atomic mass is 15.2. The summed E-state index contributed by atoms with van der Waals surface area (Å²) in [6, 6.07) is 11.5. The van der Waals surface area contributed by atoms with Crippen LogP contribution in [-0.2, 0) is 0 Å². The Morgan fingerprint density at radius 2 is 1.74 bits per heavy atom. The van der Waals surface area contributed by atoms with Gasteiger partial charge in [0.2, 0.25) is 0 Å². The smallest absolute Gasteiger partial charge is 0.0333 e. The number of hydrogen-bond acceptors (Lipinski definition) is 2. The maximum atomic E-state index is 6.41. The predicted octanol–water partition coefficient (Wildman–Crippen LogP) is 3.44. The summed E-state index contributed by atoms with van der Waals surface area (Å²) in [5.74, 6) is 1.24. The predicted molar refractivity (Wildman–Crippen MR) is 82.0 cm³/mol. The van der Waals surface area contributed by atoms with Gasteiger partial charge in [0.05, 0.1) is 0 Å². The van der Waals surface area contributed by atoms with Crippen LogP contribution in [0, 0.1) is 11.8 Å². The van der Waals surface area contributed by atoms with Gasteiger partial charge in [-0.15, -0.1) is 0 Å². The quantitative estimate of drug-likeness (QED) is 0.813. The molecule has 0 amide bonds. The number of benzene rings is 1. The molecule has 1 aliphatic rings. The molecule has 0 saturated heterocycles. The Labute approximate surface area is 118 Å². The summed E-state index contributed by atoms with van der Waals surface area (Å²) in [5.41, 5.74) is 7.67. The van der Waals surface area contributed by atoms with Crippen LogP contribution in [-0.4, -0.2) is 24.0 Å². The van der Waals surface area contributed by atoms with Crippen molar-refractivity contribution in [1.29, 1.82) is 0 Å². The minimum Gasteiger partial charge on any atom is -0.324 e. The normalized spacial score (nSPS) is 18.8. The van der Waals surface area contributed by atoms with Gasteiger partial charge in [-0.05, 0) is 30.2 Å². The highest BCUT2D eigenvalue weighted by Gasteiger charge is 2.31. The average Bonchev–Trinajstić information content (AvgIpc) is 3.21. The maximum absolute atomic E-state index is 6.41. The van der Waals surface area contributed by atoms with E-state index in [1.807, 2.05) is 0 Å². The van der Waals surface area contributed by atoms with Crippen LogP contribution in [0.1, 0.15) is 45.2 Å². The van der Waals surface area contributed by atoms with Crippen LogP contribution < -0.4 is 5.73 Å². The van der Waals surface area contributed by atoms with Gasteiger partial charge >= 0.3 is 0 Å². The van der Waals surface area contributed by atoms with Gasteiger partial charge in [-0.3, -0.25) is 4.90 Å². The number of hydrogen-bond donors (Lipinski definition) is 1. The lowest BCUT2D eigenvalue weighted by atomic mass is 9.94. The summed E-state index contributed by atoms with van der Waals surface area (Å²) in [6.07, 6.45) is 2.75. The molecule has 2 heteroatoms. The third-order valence-corrected chi connectivity index (χ3v) is 3.98. The number of rotatable bonds is 7. The van der Waals surface area contributed by atoms with Crippen molar-refractivity contribution >= 4 is 0 Å². The zero-order valence-corrected chi connectivity index (χ0v) is 12.5. The van der Waals surface area contributed by atoms with E-state index in [0.717, 1.165) is 18.5 Å². The Morgan fingerprint density at radius 1 is 1.11 bits per heavy atom. The Hall–Kier alpha value is -0.860. The van der Waals surface area contributed by atoms with E-state index < -0.39 is 0 Å². The summed E-state index contributed by atoms with van der Waals surface area (Å²) in [5, 5.41) is 0. The molecule has 2 N–H and O–H groups in total. The zero-order chi connectivity index (χ0) is 13.8. The molecule has 1 saturated carbocycles. The molecule has 1 aromatic rings. The molecule has 19 heavy (non-hydrogen) atoms. The molecule has 2 nitrogen and oxygen atoms in total. The topological polar surface area (TPSA) is 29.3 Å². The fourth-order valence-electron chi connectivity index (χ4n) is 2.77. The second-order valence-electron chi connectivity index (χ2n) is 6.49. The van der Waals surface area contributed by atoms with Gasteiger partial charge in [-0.25, -0.2) is 0 Å². The summed E-state index contributed by atoms with van der Waals surface area (Å²) in [7, 11) is 0. The third-order valence-electron chi connectivity index (χ3n) is 3.98. The standard InChI is InChI=1S/C17H28N2/c1-13(2)11-19(16-9-10-16)12-14(3)17(18)15-7-5-4-6-8-15/h4-8,13-14,16-17H,9-12,18H2,1-3H3. The van der Waals surface area contributed by atoms with Gasteiger partial charge < -0.3 is 5.73 Å². The van der Waals surface area contributed by atoms with E-state index in [2.05, 4.69) is 56.0 Å². The van der Waals surface area contributed by atoms with Gasteiger partial charge in [0.25, 0.3) is 0 Å². The number of nitrogens with two attached hydrogens (primary N) is 1. The van der Waals surface area contributed by atoms with Crippen molar-refractivity contribution in [3.05, 3.63) is 35.9 Å². The Bertz CT molecular complexity index is 370. The average molecular weight is 260 g/mol. The van der Waals surface area contributed by atoms with Crippen molar-refractivity contribution in [3.63, 3.8) is 0 Å². The number of nitrogens with zero attached hydrogens (tertiary/aromatic N) is 1. The monoisotopic (exact) mass is 260 g/mol. The first-order chi connectivity index (χ1) is 9.08. The molecular formula is C17H28N2. The molecule has 1 aromatic carbocycles. The molecule has 0 aromatic heterocycles. The Balaban J connectivity index is 1.93. The SMILES string of the molecule is CC(C)CN(CC(C)C(N)c1ccccc1)C1CC1. The fraction of sp³-hybridized carbons (Fsp3) is 0.647.